The molecule has 2 aromatic rings. The summed E-state index contributed by atoms with van der Waals surface area (Å²) in [6, 6.07) is 15.3. The van der Waals surface area contributed by atoms with Crippen molar-refractivity contribution in [1.29, 1.82) is 0 Å². The van der Waals surface area contributed by atoms with Crippen LogP contribution >= 0.6 is 0 Å². The maximum absolute atomic E-state index is 12.8. The van der Waals surface area contributed by atoms with Crippen molar-refractivity contribution in [2.75, 3.05) is 13.2 Å². The van der Waals surface area contributed by atoms with Crippen LogP contribution in [-0.2, 0) is 14.3 Å². The second-order valence-corrected chi connectivity index (χ2v) is 10.7. The summed E-state index contributed by atoms with van der Waals surface area (Å²) in [6.45, 7) is 9.66. The highest BCUT2D eigenvalue weighted by Gasteiger charge is 2.31. The molecule has 0 aliphatic heterocycles. The van der Waals surface area contributed by atoms with Crippen LogP contribution in [0.5, 0.6) is 0 Å². The quantitative estimate of drug-likeness (QED) is 0.478. The van der Waals surface area contributed by atoms with Crippen LogP contribution < -0.4 is 10.6 Å². The normalized spacial score (nSPS) is 14.6. The fraction of sp³-hybridized carbons (Fsp3) is 0.464. The number of carbonyl (C=O) groups is 3. The van der Waals surface area contributed by atoms with Crippen LogP contribution in [0.15, 0.2) is 48.5 Å². The number of carboxylic acids is 1. The molecule has 7 nitrogen and oxygen atoms in total. The minimum Gasteiger partial charge on any atom is -0.481 e. The van der Waals surface area contributed by atoms with E-state index in [-0.39, 0.29) is 30.4 Å². The van der Waals surface area contributed by atoms with Crippen molar-refractivity contribution in [3.63, 3.8) is 0 Å². The first-order chi connectivity index (χ1) is 16.5. The predicted octanol–water partition coefficient (Wildman–Crippen LogP) is 4.80. The maximum Gasteiger partial charge on any atom is 0.407 e. The number of ether oxygens (including phenoxy) is 1. The van der Waals surface area contributed by atoms with Crippen LogP contribution in [0.1, 0.15) is 58.1 Å². The fourth-order valence-electron chi connectivity index (χ4n) is 4.62. The summed E-state index contributed by atoms with van der Waals surface area (Å²) in [5.74, 6) is -2.37. The molecule has 0 bridgehead atoms. The van der Waals surface area contributed by atoms with Crippen molar-refractivity contribution in [2.45, 2.75) is 53.0 Å². The molecule has 0 aromatic heterocycles. The molecule has 1 aliphatic carbocycles. The van der Waals surface area contributed by atoms with Gasteiger partial charge in [0.2, 0.25) is 5.91 Å². The van der Waals surface area contributed by atoms with Crippen molar-refractivity contribution in [3.05, 3.63) is 59.7 Å². The Morgan fingerprint density at radius 1 is 0.971 bits per heavy atom. The van der Waals surface area contributed by atoms with Gasteiger partial charge in [-0.25, -0.2) is 4.79 Å². The zero-order chi connectivity index (χ0) is 25.8. The number of aliphatic carboxylic acids is 1. The first-order valence-electron chi connectivity index (χ1n) is 12.1. The van der Waals surface area contributed by atoms with E-state index >= 15 is 0 Å². The third kappa shape index (κ3) is 6.62. The summed E-state index contributed by atoms with van der Waals surface area (Å²) in [6.07, 6.45) is -0.250. The van der Waals surface area contributed by atoms with Gasteiger partial charge in [0.1, 0.15) is 12.6 Å². The Morgan fingerprint density at radius 2 is 1.51 bits per heavy atom. The summed E-state index contributed by atoms with van der Waals surface area (Å²) >= 11 is 0. The average molecular weight is 481 g/mol. The second-order valence-electron chi connectivity index (χ2n) is 10.7. The highest BCUT2D eigenvalue weighted by Crippen LogP contribution is 2.44. The van der Waals surface area contributed by atoms with Gasteiger partial charge in [0.25, 0.3) is 0 Å². The van der Waals surface area contributed by atoms with Gasteiger partial charge < -0.3 is 20.5 Å². The van der Waals surface area contributed by atoms with Crippen LogP contribution in [0.25, 0.3) is 11.1 Å². The minimum absolute atomic E-state index is 0.00102. The average Bonchev–Trinajstić information content (AvgIpc) is 3.11. The molecule has 7 heteroatoms. The van der Waals surface area contributed by atoms with Gasteiger partial charge in [-0.05, 0) is 40.0 Å². The van der Waals surface area contributed by atoms with Crippen molar-refractivity contribution >= 4 is 18.0 Å². The molecule has 1 unspecified atom stereocenters. The number of fused-ring (bicyclic) bond motifs is 3. The Hall–Kier alpha value is -3.35. The molecular weight excluding hydrogens is 444 g/mol. The third-order valence-corrected chi connectivity index (χ3v) is 6.30. The summed E-state index contributed by atoms with van der Waals surface area (Å²) in [5.41, 5.74) is 4.31. The minimum atomic E-state index is -0.953. The Balaban J connectivity index is 1.60. The molecule has 188 valence electrons. The number of hydrogen-bond acceptors (Lipinski definition) is 4. The van der Waals surface area contributed by atoms with Crippen molar-refractivity contribution in [3.8, 4) is 11.1 Å². The van der Waals surface area contributed by atoms with E-state index in [1.54, 1.807) is 0 Å². The number of benzene rings is 2. The van der Waals surface area contributed by atoms with E-state index in [4.69, 9.17) is 4.74 Å². The van der Waals surface area contributed by atoms with Crippen LogP contribution in [0.3, 0.4) is 0 Å². The van der Waals surface area contributed by atoms with Gasteiger partial charge in [0, 0.05) is 12.5 Å². The summed E-state index contributed by atoms with van der Waals surface area (Å²) in [7, 11) is 0. The zero-order valence-corrected chi connectivity index (χ0v) is 21.1. The van der Waals surface area contributed by atoms with Crippen LogP contribution in [0, 0.1) is 17.3 Å². The van der Waals surface area contributed by atoms with Crippen LogP contribution in [0.2, 0.25) is 0 Å². The molecule has 0 saturated carbocycles. The van der Waals surface area contributed by atoms with Crippen molar-refractivity contribution in [2.24, 2.45) is 17.3 Å². The summed E-state index contributed by atoms with van der Waals surface area (Å²) in [5, 5.41) is 14.9. The second kappa shape index (κ2) is 10.9. The number of amides is 2. The zero-order valence-electron chi connectivity index (χ0n) is 21.1. The molecule has 0 spiro atoms. The van der Waals surface area contributed by atoms with Crippen molar-refractivity contribution < 1.29 is 24.2 Å². The molecular formula is C28H36N2O5. The molecule has 2 amide bonds. The van der Waals surface area contributed by atoms with Gasteiger partial charge >= 0.3 is 12.1 Å². The summed E-state index contributed by atoms with van der Waals surface area (Å²) < 4.78 is 5.58. The highest BCUT2D eigenvalue weighted by molar-refractivity contribution is 5.86. The first-order valence-corrected chi connectivity index (χ1v) is 12.1. The molecule has 0 radical (unpaired) electrons. The number of carbonyl (C=O) groups excluding carboxylic acids is 2. The molecule has 2 atom stereocenters. The Kier molecular flexibility index (Phi) is 8.20. The lowest BCUT2D eigenvalue weighted by molar-refractivity contribution is -0.142. The number of carboxylic acid groups (broad SMARTS) is 1. The van der Waals surface area contributed by atoms with Crippen LogP contribution in [-0.4, -0.2) is 42.3 Å². The number of hydrogen-bond donors (Lipinski definition) is 3. The van der Waals surface area contributed by atoms with E-state index in [9.17, 15) is 19.5 Å². The van der Waals surface area contributed by atoms with E-state index in [2.05, 4.69) is 22.8 Å². The molecule has 2 aromatic carbocycles. The molecule has 0 saturated heterocycles. The van der Waals surface area contributed by atoms with Crippen LogP contribution in [0.4, 0.5) is 4.79 Å². The SMILES string of the molecule is CC(C)[C@H](NC(=O)OCC1c2ccccc2-c2ccccc21)C(=O)NCC(CC(C)(C)C)C(=O)O. The third-order valence-electron chi connectivity index (χ3n) is 6.30. The molecule has 1 aliphatic rings. The lowest BCUT2D eigenvalue weighted by Crippen LogP contribution is -2.51. The standard InChI is InChI=1S/C28H36N2O5/c1-17(2)24(25(31)29-15-18(26(32)33)14-28(3,4)5)30-27(34)35-16-23-21-12-8-6-10-19(21)20-11-7-9-13-22(20)23/h6-13,17-18,23-24H,14-16H2,1-5H3,(H,29,31)(H,30,34)(H,32,33)/t18?,24-/m0/s1. The van der Waals surface area contributed by atoms with Gasteiger partial charge in [-0.3, -0.25) is 9.59 Å². The molecule has 35 heavy (non-hydrogen) atoms. The smallest absolute Gasteiger partial charge is 0.407 e. The maximum atomic E-state index is 12.8. The monoisotopic (exact) mass is 480 g/mol. The van der Waals surface area contributed by atoms with Gasteiger partial charge in [0.15, 0.2) is 0 Å². The predicted molar refractivity (Wildman–Crippen MR) is 135 cm³/mol. The molecule has 0 fully saturated rings. The lowest BCUT2D eigenvalue weighted by atomic mass is 9.84. The highest BCUT2D eigenvalue weighted by atomic mass is 16.5. The lowest BCUT2D eigenvalue weighted by Gasteiger charge is -2.25. The number of nitrogens with one attached hydrogen (secondary N) is 2. The molecule has 3 N–H and O–H groups in total. The van der Waals surface area contributed by atoms with E-state index in [0.29, 0.717) is 6.42 Å². The van der Waals surface area contributed by atoms with Gasteiger partial charge in [-0.2, -0.15) is 0 Å². The Labute approximate surface area is 207 Å². The van der Waals surface area contributed by atoms with E-state index in [1.807, 2.05) is 71.0 Å². The Morgan fingerprint density at radius 3 is 2.00 bits per heavy atom. The number of rotatable bonds is 9. The van der Waals surface area contributed by atoms with Gasteiger partial charge in [-0.15, -0.1) is 0 Å². The largest absolute Gasteiger partial charge is 0.481 e. The fourth-order valence-corrected chi connectivity index (χ4v) is 4.62. The molecule has 3 rings (SSSR count). The van der Waals surface area contributed by atoms with Gasteiger partial charge in [-0.1, -0.05) is 83.1 Å². The van der Waals surface area contributed by atoms with Gasteiger partial charge in [0.05, 0.1) is 5.92 Å². The van der Waals surface area contributed by atoms with E-state index < -0.39 is 29.9 Å². The summed E-state index contributed by atoms with van der Waals surface area (Å²) in [4.78, 5) is 37.1. The van der Waals surface area contributed by atoms with Crippen molar-refractivity contribution in [1.82, 2.24) is 10.6 Å². The topological polar surface area (TPSA) is 105 Å². The first kappa shape index (κ1) is 26.3. The Bertz CT molecular complexity index is 1030. The number of alkyl carbamates (subject to hydrolysis) is 1. The van der Waals surface area contributed by atoms with E-state index in [1.165, 1.54) is 0 Å². The molecule has 0 heterocycles. The van der Waals surface area contributed by atoms with E-state index in [0.717, 1.165) is 22.3 Å².